The molecule has 3 nitrogen and oxygen atoms in total. The predicted octanol–water partition coefficient (Wildman–Crippen LogP) is 4.16. The monoisotopic (exact) mass is 268 g/mol. The van der Waals surface area contributed by atoms with Crippen molar-refractivity contribution in [2.24, 2.45) is 0 Å². The van der Waals surface area contributed by atoms with Crippen LogP contribution < -0.4 is 5.32 Å². The van der Waals surface area contributed by atoms with Crippen molar-refractivity contribution in [2.75, 3.05) is 11.9 Å². The SMILES string of the molecule is CCCCCNc1ccc(-c2ccc(C=O)cc2)cn1. The van der Waals surface area contributed by atoms with Gasteiger partial charge < -0.3 is 5.32 Å². The Labute approximate surface area is 120 Å². The largest absolute Gasteiger partial charge is 0.370 e. The van der Waals surface area contributed by atoms with Gasteiger partial charge in [-0.2, -0.15) is 0 Å². The van der Waals surface area contributed by atoms with Gasteiger partial charge in [0.25, 0.3) is 0 Å². The van der Waals surface area contributed by atoms with E-state index < -0.39 is 0 Å². The number of anilines is 1. The summed E-state index contributed by atoms with van der Waals surface area (Å²) in [5.41, 5.74) is 2.82. The molecule has 0 fully saturated rings. The number of aromatic nitrogens is 1. The van der Waals surface area contributed by atoms with Gasteiger partial charge in [0.1, 0.15) is 12.1 Å². The van der Waals surface area contributed by atoms with Gasteiger partial charge in [0.05, 0.1) is 0 Å². The van der Waals surface area contributed by atoms with E-state index in [1.807, 2.05) is 42.6 Å². The summed E-state index contributed by atoms with van der Waals surface area (Å²) in [7, 11) is 0. The molecule has 0 saturated carbocycles. The smallest absolute Gasteiger partial charge is 0.150 e. The Kier molecular flexibility index (Phi) is 5.30. The molecule has 1 N–H and O–H groups in total. The van der Waals surface area contributed by atoms with Gasteiger partial charge in [-0.05, 0) is 24.1 Å². The maximum absolute atomic E-state index is 10.6. The van der Waals surface area contributed by atoms with Gasteiger partial charge in [0.2, 0.25) is 0 Å². The van der Waals surface area contributed by atoms with E-state index in [-0.39, 0.29) is 0 Å². The van der Waals surface area contributed by atoms with Crippen LogP contribution in [0.15, 0.2) is 42.6 Å². The molecule has 1 heterocycles. The van der Waals surface area contributed by atoms with Gasteiger partial charge in [-0.15, -0.1) is 0 Å². The van der Waals surface area contributed by atoms with Crippen molar-refractivity contribution in [2.45, 2.75) is 26.2 Å². The molecule has 0 radical (unpaired) electrons. The van der Waals surface area contributed by atoms with Crippen LogP contribution in [0, 0.1) is 0 Å². The van der Waals surface area contributed by atoms with Crippen LogP contribution >= 0.6 is 0 Å². The number of nitrogens with zero attached hydrogens (tertiary/aromatic N) is 1. The van der Waals surface area contributed by atoms with Crippen molar-refractivity contribution in [3.8, 4) is 11.1 Å². The molecular weight excluding hydrogens is 248 g/mol. The molecule has 0 aliphatic rings. The van der Waals surface area contributed by atoms with Crippen LogP contribution in [0.25, 0.3) is 11.1 Å². The molecule has 3 heteroatoms. The van der Waals surface area contributed by atoms with Crippen LogP contribution in [-0.4, -0.2) is 17.8 Å². The third-order valence-electron chi connectivity index (χ3n) is 3.23. The third kappa shape index (κ3) is 3.92. The van der Waals surface area contributed by atoms with Crippen LogP contribution in [0.4, 0.5) is 5.82 Å². The standard InChI is InChI=1S/C17H20N2O/c1-2-3-4-11-18-17-10-9-16(12-19-17)15-7-5-14(13-20)6-8-15/h5-10,12-13H,2-4,11H2,1H3,(H,18,19). The van der Waals surface area contributed by atoms with E-state index >= 15 is 0 Å². The Morgan fingerprint density at radius 3 is 2.40 bits per heavy atom. The zero-order valence-corrected chi connectivity index (χ0v) is 11.8. The first-order valence-electron chi connectivity index (χ1n) is 7.09. The van der Waals surface area contributed by atoms with Gasteiger partial charge in [-0.3, -0.25) is 4.79 Å². The van der Waals surface area contributed by atoms with Gasteiger partial charge >= 0.3 is 0 Å². The Hall–Kier alpha value is -2.16. The zero-order valence-electron chi connectivity index (χ0n) is 11.8. The van der Waals surface area contributed by atoms with Crippen molar-refractivity contribution in [1.82, 2.24) is 4.98 Å². The van der Waals surface area contributed by atoms with E-state index in [0.717, 1.165) is 29.8 Å². The highest BCUT2D eigenvalue weighted by molar-refractivity contribution is 5.76. The fourth-order valence-electron chi connectivity index (χ4n) is 2.01. The first-order chi connectivity index (χ1) is 9.83. The van der Waals surface area contributed by atoms with Crippen molar-refractivity contribution in [3.63, 3.8) is 0 Å². The van der Waals surface area contributed by atoms with Crippen LogP contribution in [0.1, 0.15) is 36.5 Å². The van der Waals surface area contributed by atoms with Crippen LogP contribution in [0.3, 0.4) is 0 Å². The summed E-state index contributed by atoms with van der Waals surface area (Å²) in [6, 6.07) is 11.6. The lowest BCUT2D eigenvalue weighted by Gasteiger charge is -2.06. The van der Waals surface area contributed by atoms with E-state index in [4.69, 9.17) is 0 Å². The molecule has 0 unspecified atom stereocenters. The fraction of sp³-hybridized carbons (Fsp3) is 0.294. The number of rotatable bonds is 7. The first kappa shape index (κ1) is 14.3. The molecule has 1 aromatic carbocycles. The fourth-order valence-corrected chi connectivity index (χ4v) is 2.01. The summed E-state index contributed by atoms with van der Waals surface area (Å²) in [5, 5.41) is 3.32. The summed E-state index contributed by atoms with van der Waals surface area (Å²) in [6.45, 7) is 3.16. The Bertz CT molecular complexity index is 532. The van der Waals surface area contributed by atoms with Gasteiger partial charge in [0.15, 0.2) is 0 Å². The third-order valence-corrected chi connectivity index (χ3v) is 3.23. The molecule has 0 atom stereocenters. The normalized spacial score (nSPS) is 10.2. The summed E-state index contributed by atoms with van der Waals surface area (Å²) >= 11 is 0. The maximum Gasteiger partial charge on any atom is 0.150 e. The predicted molar refractivity (Wildman–Crippen MR) is 83.1 cm³/mol. The van der Waals surface area contributed by atoms with E-state index in [0.29, 0.717) is 5.56 Å². The molecule has 2 aromatic rings. The van der Waals surface area contributed by atoms with Crippen LogP contribution in [0.2, 0.25) is 0 Å². The molecular formula is C17H20N2O. The van der Waals surface area contributed by atoms with E-state index in [1.54, 1.807) is 0 Å². The quantitative estimate of drug-likeness (QED) is 0.605. The second kappa shape index (κ2) is 7.43. The Morgan fingerprint density at radius 2 is 1.80 bits per heavy atom. The van der Waals surface area contributed by atoms with Crippen molar-refractivity contribution in [1.29, 1.82) is 0 Å². The summed E-state index contributed by atoms with van der Waals surface area (Å²) in [6.07, 6.45) is 6.36. The lowest BCUT2D eigenvalue weighted by molar-refractivity contribution is 0.112. The minimum atomic E-state index is 0.691. The maximum atomic E-state index is 10.6. The first-order valence-corrected chi connectivity index (χ1v) is 7.09. The molecule has 2 rings (SSSR count). The van der Waals surface area contributed by atoms with Gasteiger partial charge in [-0.1, -0.05) is 44.0 Å². The topological polar surface area (TPSA) is 42.0 Å². The summed E-state index contributed by atoms with van der Waals surface area (Å²) in [4.78, 5) is 15.0. The van der Waals surface area contributed by atoms with Gasteiger partial charge in [-0.25, -0.2) is 4.98 Å². The molecule has 0 aliphatic carbocycles. The van der Waals surface area contributed by atoms with E-state index in [9.17, 15) is 4.79 Å². The highest BCUT2D eigenvalue weighted by atomic mass is 16.1. The number of hydrogen-bond donors (Lipinski definition) is 1. The Morgan fingerprint density at radius 1 is 1.05 bits per heavy atom. The summed E-state index contributed by atoms with van der Waals surface area (Å²) in [5.74, 6) is 0.911. The highest BCUT2D eigenvalue weighted by Gasteiger charge is 1.99. The van der Waals surface area contributed by atoms with Crippen molar-refractivity contribution >= 4 is 12.1 Å². The molecule has 104 valence electrons. The molecule has 0 saturated heterocycles. The molecule has 0 amide bonds. The number of aldehydes is 1. The molecule has 0 bridgehead atoms. The zero-order chi connectivity index (χ0) is 14.2. The van der Waals surface area contributed by atoms with E-state index in [2.05, 4.69) is 17.2 Å². The second-order valence-electron chi connectivity index (χ2n) is 4.81. The number of pyridine rings is 1. The molecule has 0 aliphatic heterocycles. The van der Waals surface area contributed by atoms with Gasteiger partial charge in [0, 0.05) is 23.9 Å². The van der Waals surface area contributed by atoms with E-state index in [1.165, 1.54) is 19.3 Å². The average molecular weight is 268 g/mol. The number of unbranched alkanes of at least 4 members (excludes halogenated alkanes) is 2. The number of benzene rings is 1. The summed E-state index contributed by atoms with van der Waals surface area (Å²) < 4.78 is 0. The average Bonchev–Trinajstić information content (AvgIpc) is 2.52. The van der Waals surface area contributed by atoms with Crippen LogP contribution in [-0.2, 0) is 0 Å². The highest BCUT2D eigenvalue weighted by Crippen LogP contribution is 2.19. The minimum Gasteiger partial charge on any atom is -0.370 e. The number of hydrogen-bond acceptors (Lipinski definition) is 3. The molecule has 0 spiro atoms. The van der Waals surface area contributed by atoms with Crippen molar-refractivity contribution < 1.29 is 4.79 Å². The number of carbonyl (C=O) groups is 1. The lowest BCUT2D eigenvalue weighted by atomic mass is 10.1. The number of nitrogens with one attached hydrogen (secondary N) is 1. The lowest BCUT2D eigenvalue weighted by Crippen LogP contribution is -2.02. The molecule has 1 aromatic heterocycles. The number of carbonyl (C=O) groups excluding carboxylic acids is 1. The molecule has 20 heavy (non-hydrogen) atoms. The van der Waals surface area contributed by atoms with Crippen molar-refractivity contribution in [3.05, 3.63) is 48.2 Å². The van der Waals surface area contributed by atoms with Crippen LogP contribution in [0.5, 0.6) is 0 Å². The minimum absolute atomic E-state index is 0.691. The Balaban J connectivity index is 1.98. The second-order valence-corrected chi connectivity index (χ2v) is 4.81.